The molecule has 1 nitrogen and oxygen atoms in total. The number of aryl methyl sites for hydroxylation is 1. The van der Waals surface area contributed by atoms with E-state index in [4.69, 9.17) is 5.73 Å². The molecule has 0 aromatic heterocycles. The molecule has 1 atom stereocenters. The molecule has 0 bridgehead atoms. The third-order valence-corrected chi connectivity index (χ3v) is 3.98. The molecule has 1 unspecified atom stereocenters. The maximum atomic E-state index is 6.45. The van der Waals surface area contributed by atoms with Gasteiger partial charge in [-0.25, -0.2) is 0 Å². The van der Waals surface area contributed by atoms with Crippen molar-refractivity contribution in [3.05, 3.63) is 70.2 Å². The lowest BCUT2D eigenvalue weighted by Crippen LogP contribution is -2.33. The van der Waals surface area contributed by atoms with Gasteiger partial charge in [0, 0.05) is 10.0 Å². The minimum Gasteiger partial charge on any atom is -0.322 e. The van der Waals surface area contributed by atoms with Gasteiger partial charge in [-0.3, -0.25) is 0 Å². The van der Waals surface area contributed by atoms with Crippen molar-refractivity contribution in [1.29, 1.82) is 0 Å². The first-order valence-electron chi connectivity index (χ1n) is 6.67. The van der Waals surface area contributed by atoms with Crippen molar-refractivity contribution in [3.8, 4) is 0 Å². The van der Waals surface area contributed by atoms with E-state index in [-0.39, 0.29) is 5.54 Å². The first-order valence-corrected chi connectivity index (χ1v) is 7.46. The standard InChI is InChI=1S/C17H20BrN/c1-17(19,15-10-5-11-16(18)13-15)12-6-9-14-7-3-2-4-8-14/h2-5,7-8,10-11,13H,6,9,12,19H2,1H3. The molecule has 2 aromatic carbocycles. The molecule has 0 saturated heterocycles. The van der Waals surface area contributed by atoms with E-state index in [9.17, 15) is 0 Å². The zero-order valence-corrected chi connectivity index (χ0v) is 12.9. The Morgan fingerprint density at radius 1 is 1.05 bits per heavy atom. The molecule has 19 heavy (non-hydrogen) atoms. The second-order valence-corrected chi connectivity index (χ2v) is 6.18. The minimum atomic E-state index is -0.265. The first kappa shape index (κ1) is 14.3. The molecule has 2 N–H and O–H groups in total. The summed E-state index contributed by atoms with van der Waals surface area (Å²) in [5, 5.41) is 0. The van der Waals surface area contributed by atoms with Crippen LogP contribution in [0.5, 0.6) is 0 Å². The average molecular weight is 318 g/mol. The van der Waals surface area contributed by atoms with Gasteiger partial charge in [0.25, 0.3) is 0 Å². The maximum Gasteiger partial charge on any atom is 0.0381 e. The molecular weight excluding hydrogens is 298 g/mol. The molecule has 100 valence electrons. The summed E-state index contributed by atoms with van der Waals surface area (Å²) in [5.74, 6) is 0. The number of hydrogen-bond acceptors (Lipinski definition) is 1. The van der Waals surface area contributed by atoms with E-state index < -0.39 is 0 Å². The fourth-order valence-electron chi connectivity index (χ4n) is 2.29. The van der Waals surface area contributed by atoms with Gasteiger partial charge in [0.1, 0.15) is 0 Å². The molecule has 0 radical (unpaired) electrons. The second kappa shape index (κ2) is 6.36. The molecule has 0 fully saturated rings. The van der Waals surface area contributed by atoms with Crippen LogP contribution in [0.4, 0.5) is 0 Å². The number of nitrogens with two attached hydrogens (primary N) is 1. The van der Waals surface area contributed by atoms with E-state index in [1.54, 1.807) is 0 Å². The van der Waals surface area contributed by atoms with Crippen molar-refractivity contribution in [2.24, 2.45) is 5.73 Å². The van der Waals surface area contributed by atoms with Gasteiger partial charge in [0.15, 0.2) is 0 Å². The normalized spacial score (nSPS) is 14.1. The van der Waals surface area contributed by atoms with Crippen molar-refractivity contribution < 1.29 is 0 Å². The van der Waals surface area contributed by atoms with Gasteiger partial charge in [-0.2, -0.15) is 0 Å². The Labute approximate surface area is 124 Å². The second-order valence-electron chi connectivity index (χ2n) is 5.27. The Balaban J connectivity index is 1.94. The van der Waals surface area contributed by atoms with E-state index in [0.717, 1.165) is 23.7 Å². The van der Waals surface area contributed by atoms with Gasteiger partial charge >= 0.3 is 0 Å². The van der Waals surface area contributed by atoms with E-state index >= 15 is 0 Å². The Kier molecular flexibility index (Phi) is 4.78. The molecule has 0 spiro atoms. The summed E-state index contributed by atoms with van der Waals surface area (Å²) in [7, 11) is 0. The maximum absolute atomic E-state index is 6.45. The smallest absolute Gasteiger partial charge is 0.0381 e. The molecular formula is C17H20BrN. The molecule has 0 heterocycles. The summed E-state index contributed by atoms with van der Waals surface area (Å²) in [6, 6.07) is 18.9. The summed E-state index contributed by atoms with van der Waals surface area (Å²) in [4.78, 5) is 0. The van der Waals surface area contributed by atoms with Crippen LogP contribution in [0.2, 0.25) is 0 Å². The Morgan fingerprint density at radius 3 is 2.47 bits per heavy atom. The van der Waals surface area contributed by atoms with Crippen molar-refractivity contribution in [3.63, 3.8) is 0 Å². The van der Waals surface area contributed by atoms with Gasteiger partial charge in [0.05, 0.1) is 0 Å². The van der Waals surface area contributed by atoms with Crippen LogP contribution in [0.3, 0.4) is 0 Å². The van der Waals surface area contributed by atoms with Crippen molar-refractivity contribution in [2.45, 2.75) is 31.7 Å². The highest BCUT2D eigenvalue weighted by Crippen LogP contribution is 2.26. The first-order chi connectivity index (χ1) is 9.08. The van der Waals surface area contributed by atoms with E-state index in [0.29, 0.717) is 0 Å². The highest BCUT2D eigenvalue weighted by Gasteiger charge is 2.20. The molecule has 2 aromatic rings. The highest BCUT2D eigenvalue weighted by molar-refractivity contribution is 9.10. The van der Waals surface area contributed by atoms with E-state index in [1.807, 2.05) is 12.1 Å². The third-order valence-electron chi connectivity index (χ3n) is 3.49. The van der Waals surface area contributed by atoms with Crippen LogP contribution in [-0.4, -0.2) is 0 Å². The molecule has 0 aliphatic rings. The van der Waals surface area contributed by atoms with Crippen LogP contribution in [0.15, 0.2) is 59.1 Å². The number of hydrogen-bond donors (Lipinski definition) is 1. The lowest BCUT2D eigenvalue weighted by molar-refractivity contribution is 0.436. The topological polar surface area (TPSA) is 26.0 Å². The van der Waals surface area contributed by atoms with Gasteiger partial charge in [0.2, 0.25) is 0 Å². The van der Waals surface area contributed by atoms with E-state index in [1.165, 1.54) is 11.1 Å². The summed E-state index contributed by atoms with van der Waals surface area (Å²) >= 11 is 3.50. The van der Waals surface area contributed by atoms with Crippen molar-refractivity contribution in [2.75, 3.05) is 0 Å². The molecule has 2 rings (SSSR count). The van der Waals surface area contributed by atoms with Crippen molar-refractivity contribution in [1.82, 2.24) is 0 Å². The minimum absolute atomic E-state index is 0.265. The summed E-state index contributed by atoms with van der Waals surface area (Å²) in [6.45, 7) is 2.11. The number of rotatable bonds is 5. The molecule has 0 aliphatic heterocycles. The summed E-state index contributed by atoms with van der Waals surface area (Å²) < 4.78 is 1.09. The monoisotopic (exact) mass is 317 g/mol. The Hall–Kier alpha value is -1.12. The predicted molar refractivity (Wildman–Crippen MR) is 85.1 cm³/mol. The average Bonchev–Trinajstić information content (AvgIpc) is 2.40. The Morgan fingerprint density at radius 2 is 1.79 bits per heavy atom. The molecule has 2 heteroatoms. The molecule has 0 aliphatic carbocycles. The zero-order valence-electron chi connectivity index (χ0n) is 11.3. The van der Waals surface area contributed by atoms with Crippen LogP contribution in [0.1, 0.15) is 30.9 Å². The van der Waals surface area contributed by atoms with E-state index in [2.05, 4.69) is 65.3 Å². The zero-order chi connectivity index (χ0) is 13.7. The molecule has 0 saturated carbocycles. The van der Waals surface area contributed by atoms with Gasteiger partial charge < -0.3 is 5.73 Å². The van der Waals surface area contributed by atoms with Crippen LogP contribution in [-0.2, 0) is 12.0 Å². The van der Waals surface area contributed by atoms with Crippen molar-refractivity contribution >= 4 is 15.9 Å². The van der Waals surface area contributed by atoms with Crippen LogP contribution in [0.25, 0.3) is 0 Å². The number of halogens is 1. The summed E-state index contributed by atoms with van der Waals surface area (Å²) in [6.07, 6.45) is 3.17. The number of benzene rings is 2. The lowest BCUT2D eigenvalue weighted by Gasteiger charge is -2.25. The van der Waals surface area contributed by atoms with Gasteiger partial charge in [-0.1, -0.05) is 58.4 Å². The fourth-order valence-corrected chi connectivity index (χ4v) is 2.69. The Bertz CT molecular complexity index is 520. The largest absolute Gasteiger partial charge is 0.322 e. The van der Waals surface area contributed by atoms with Crippen LogP contribution >= 0.6 is 15.9 Å². The van der Waals surface area contributed by atoms with Crippen LogP contribution < -0.4 is 5.73 Å². The van der Waals surface area contributed by atoms with Gasteiger partial charge in [-0.15, -0.1) is 0 Å². The highest BCUT2D eigenvalue weighted by atomic mass is 79.9. The lowest BCUT2D eigenvalue weighted by atomic mass is 9.87. The SMILES string of the molecule is CC(N)(CCCc1ccccc1)c1cccc(Br)c1. The quantitative estimate of drug-likeness (QED) is 0.853. The summed E-state index contributed by atoms with van der Waals surface area (Å²) in [5.41, 5.74) is 8.76. The fraction of sp³-hybridized carbons (Fsp3) is 0.294. The van der Waals surface area contributed by atoms with Crippen LogP contribution in [0, 0.1) is 0 Å². The van der Waals surface area contributed by atoms with Gasteiger partial charge in [-0.05, 0) is 49.4 Å². The molecule has 0 amide bonds. The predicted octanol–water partition coefficient (Wildman–Crippen LogP) is 4.65. The third kappa shape index (κ3) is 4.19.